The van der Waals surface area contributed by atoms with Gasteiger partial charge in [-0.2, -0.15) is 5.10 Å². The normalized spacial score (nSPS) is 15.3. The lowest BCUT2D eigenvalue weighted by atomic mass is 9.96. The molecule has 2 heterocycles. The quantitative estimate of drug-likeness (QED) is 0.856. The summed E-state index contributed by atoms with van der Waals surface area (Å²) >= 11 is 0. The fraction of sp³-hybridized carbons (Fsp3) is 0.526. The fourth-order valence-electron chi connectivity index (χ4n) is 3.50. The zero-order valence-electron chi connectivity index (χ0n) is 14.9. The van der Waals surface area contributed by atoms with E-state index in [0.29, 0.717) is 6.54 Å². The molecule has 0 unspecified atom stereocenters. The standard InChI is InChI=1S/C19H28N4O/c1-4-23-16(8-10-21-23)12-20-18-7-5-6-15-13-22(11-9-17(15)18)14-19(2,3)24/h5-8,10,20,24H,4,9,11-14H2,1-3H3. The van der Waals surface area contributed by atoms with Gasteiger partial charge in [-0.25, -0.2) is 0 Å². The third-order valence-corrected chi connectivity index (χ3v) is 4.52. The predicted molar refractivity (Wildman–Crippen MR) is 96.9 cm³/mol. The maximum Gasteiger partial charge on any atom is 0.0718 e. The van der Waals surface area contributed by atoms with E-state index in [4.69, 9.17) is 0 Å². The summed E-state index contributed by atoms with van der Waals surface area (Å²) in [6, 6.07) is 8.55. The Morgan fingerprint density at radius 1 is 1.29 bits per heavy atom. The Morgan fingerprint density at radius 2 is 2.12 bits per heavy atom. The van der Waals surface area contributed by atoms with Crippen molar-refractivity contribution in [3.05, 3.63) is 47.3 Å². The molecular formula is C19H28N4O. The summed E-state index contributed by atoms with van der Waals surface area (Å²) in [6.45, 7) is 10.1. The second kappa shape index (κ2) is 6.95. The minimum Gasteiger partial charge on any atom is -0.389 e. The smallest absolute Gasteiger partial charge is 0.0718 e. The number of hydrogen-bond donors (Lipinski definition) is 2. The highest BCUT2D eigenvalue weighted by atomic mass is 16.3. The first kappa shape index (κ1) is 17.0. The topological polar surface area (TPSA) is 53.3 Å². The highest BCUT2D eigenvalue weighted by Crippen LogP contribution is 2.27. The van der Waals surface area contributed by atoms with Gasteiger partial charge in [-0.3, -0.25) is 9.58 Å². The lowest BCUT2D eigenvalue weighted by Gasteiger charge is -2.34. The number of hydrogen-bond acceptors (Lipinski definition) is 4. The van der Waals surface area contributed by atoms with Crippen LogP contribution in [0.3, 0.4) is 0 Å². The largest absolute Gasteiger partial charge is 0.389 e. The minimum absolute atomic E-state index is 0.647. The molecule has 0 fully saturated rings. The molecule has 130 valence electrons. The van der Waals surface area contributed by atoms with Gasteiger partial charge in [0, 0.05) is 38.1 Å². The van der Waals surface area contributed by atoms with Crippen LogP contribution in [0.25, 0.3) is 0 Å². The van der Waals surface area contributed by atoms with Crippen molar-refractivity contribution in [3.63, 3.8) is 0 Å². The van der Waals surface area contributed by atoms with Crippen LogP contribution in [0.2, 0.25) is 0 Å². The second-order valence-corrected chi connectivity index (χ2v) is 7.21. The van der Waals surface area contributed by atoms with Crippen LogP contribution in [0.4, 0.5) is 5.69 Å². The van der Waals surface area contributed by atoms with E-state index in [0.717, 1.165) is 32.6 Å². The summed E-state index contributed by atoms with van der Waals surface area (Å²) in [5, 5.41) is 18.0. The molecule has 0 atom stereocenters. The molecule has 2 N–H and O–H groups in total. The minimum atomic E-state index is -0.647. The molecule has 0 saturated heterocycles. The molecule has 2 aromatic rings. The van der Waals surface area contributed by atoms with Crippen LogP contribution in [0, 0.1) is 0 Å². The molecule has 0 spiro atoms. The number of aromatic nitrogens is 2. The van der Waals surface area contributed by atoms with E-state index in [-0.39, 0.29) is 0 Å². The third kappa shape index (κ3) is 3.97. The Kier molecular flexibility index (Phi) is 4.92. The molecule has 0 bridgehead atoms. The van der Waals surface area contributed by atoms with Crippen LogP contribution in [0.5, 0.6) is 0 Å². The van der Waals surface area contributed by atoms with E-state index < -0.39 is 5.60 Å². The van der Waals surface area contributed by atoms with Crippen LogP contribution >= 0.6 is 0 Å². The highest BCUT2D eigenvalue weighted by molar-refractivity contribution is 5.55. The monoisotopic (exact) mass is 328 g/mol. The van der Waals surface area contributed by atoms with Gasteiger partial charge in [0.2, 0.25) is 0 Å². The van der Waals surface area contributed by atoms with Crippen LogP contribution in [-0.4, -0.2) is 38.5 Å². The van der Waals surface area contributed by atoms with Crippen LogP contribution in [0.15, 0.2) is 30.5 Å². The van der Waals surface area contributed by atoms with E-state index in [1.807, 2.05) is 24.7 Å². The van der Waals surface area contributed by atoms with Crippen molar-refractivity contribution < 1.29 is 5.11 Å². The Bertz CT molecular complexity index is 687. The maximum atomic E-state index is 10.0. The molecule has 1 aliphatic rings. The van der Waals surface area contributed by atoms with Crippen molar-refractivity contribution in [2.24, 2.45) is 0 Å². The average molecular weight is 328 g/mol. The average Bonchev–Trinajstić information content (AvgIpc) is 2.98. The summed E-state index contributed by atoms with van der Waals surface area (Å²) in [4.78, 5) is 2.33. The Balaban J connectivity index is 1.70. The summed E-state index contributed by atoms with van der Waals surface area (Å²) < 4.78 is 2.02. The molecular weight excluding hydrogens is 300 g/mol. The van der Waals surface area contributed by atoms with Crippen LogP contribution in [0.1, 0.15) is 37.6 Å². The third-order valence-electron chi connectivity index (χ3n) is 4.52. The molecule has 1 aliphatic heterocycles. The van der Waals surface area contributed by atoms with Crippen molar-refractivity contribution in [2.75, 3.05) is 18.4 Å². The number of aryl methyl sites for hydroxylation is 1. The van der Waals surface area contributed by atoms with Gasteiger partial charge in [-0.15, -0.1) is 0 Å². The Morgan fingerprint density at radius 3 is 2.88 bits per heavy atom. The molecule has 1 aromatic heterocycles. The first-order valence-electron chi connectivity index (χ1n) is 8.76. The molecule has 0 saturated carbocycles. The Labute approximate surface area is 144 Å². The van der Waals surface area contributed by atoms with Crippen molar-refractivity contribution in [3.8, 4) is 0 Å². The number of β-amino-alcohol motifs (C(OH)–C–C–N with tert-alkyl or cyclic N) is 1. The highest BCUT2D eigenvalue weighted by Gasteiger charge is 2.23. The van der Waals surface area contributed by atoms with Gasteiger partial charge in [0.25, 0.3) is 0 Å². The summed E-state index contributed by atoms with van der Waals surface area (Å²) in [7, 11) is 0. The molecule has 24 heavy (non-hydrogen) atoms. The first-order valence-corrected chi connectivity index (χ1v) is 8.76. The van der Waals surface area contributed by atoms with E-state index in [1.165, 1.54) is 22.5 Å². The fourth-order valence-corrected chi connectivity index (χ4v) is 3.50. The number of nitrogens with one attached hydrogen (secondary N) is 1. The van der Waals surface area contributed by atoms with Crippen molar-refractivity contribution in [1.82, 2.24) is 14.7 Å². The van der Waals surface area contributed by atoms with E-state index in [9.17, 15) is 5.11 Å². The maximum absolute atomic E-state index is 10.0. The Hall–Kier alpha value is -1.85. The molecule has 5 heteroatoms. The first-order chi connectivity index (χ1) is 11.5. The lowest BCUT2D eigenvalue weighted by molar-refractivity contribution is 0.0318. The molecule has 1 aromatic carbocycles. The van der Waals surface area contributed by atoms with Crippen LogP contribution in [-0.2, 0) is 26.1 Å². The molecule has 0 amide bonds. The summed E-state index contributed by atoms with van der Waals surface area (Å²) in [5.74, 6) is 0. The molecule has 5 nitrogen and oxygen atoms in total. The van der Waals surface area contributed by atoms with Crippen molar-refractivity contribution in [1.29, 1.82) is 0 Å². The van der Waals surface area contributed by atoms with Gasteiger partial charge >= 0.3 is 0 Å². The molecule has 0 aliphatic carbocycles. The van der Waals surface area contributed by atoms with Gasteiger partial charge in [0.1, 0.15) is 0 Å². The number of anilines is 1. The second-order valence-electron chi connectivity index (χ2n) is 7.21. The number of benzene rings is 1. The number of nitrogens with zero attached hydrogens (tertiary/aromatic N) is 3. The zero-order chi connectivity index (χ0) is 17.2. The number of aliphatic hydroxyl groups is 1. The lowest BCUT2D eigenvalue weighted by Crippen LogP contribution is -2.41. The van der Waals surface area contributed by atoms with Gasteiger partial charge in [-0.1, -0.05) is 12.1 Å². The van der Waals surface area contributed by atoms with Gasteiger partial charge < -0.3 is 10.4 Å². The summed E-state index contributed by atoms with van der Waals surface area (Å²) in [6.07, 6.45) is 2.87. The van der Waals surface area contributed by atoms with E-state index >= 15 is 0 Å². The SMILES string of the molecule is CCn1nccc1CNc1cccc2c1CCN(CC(C)(C)O)C2. The van der Waals surface area contributed by atoms with Crippen molar-refractivity contribution in [2.45, 2.75) is 52.4 Å². The number of fused-ring (bicyclic) bond motifs is 1. The summed E-state index contributed by atoms with van der Waals surface area (Å²) in [5.41, 5.74) is 4.55. The molecule has 3 rings (SSSR count). The van der Waals surface area contributed by atoms with E-state index in [2.05, 4.69) is 46.5 Å². The van der Waals surface area contributed by atoms with Gasteiger partial charge in [0.15, 0.2) is 0 Å². The van der Waals surface area contributed by atoms with Crippen molar-refractivity contribution >= 4 is 5.69 Å². The zero-order valence-corrected chi connectivity index (χ0v) is 14.9. The van der Waals surface area contributed by atoms with Gasteiger partial charge in [-0.05, 0) is 50.5 Å². The molecule has 0 radical (unpaired) electrons. The number of rotatable bonds is 6. The van der Waals surface area contributed by atoms with E-state index in [1.54, 1.807) is 0 Å². The predicted octanol–water partition coefficient (Wildman–Crippen LogP) is 2.64. The van der Waals surface area contributed by atoms with Gasteiger partial charge in [0.05, 0.1) is 17.8 Å². The van der Waals surface area contributed by atoms with Crippen LogP contribution < -0.4 is 5.32 Å².